The maximum absolute atomic E-state index is 11.9. The second kappa shape index (κ2) is 6.06. The molecule has 108 valence electrons. The molecule has 1 unspecified atom stereocenters. The molecule has 0 aromatic carbocycles. The van der Waals surface area contributed by atoms with E-state index in [1.54, 1.807) is 0 Å². The molecular weight excluding hydrogens is 270 g/mol. The zero-order valence-electron chi connectivity index (χ0n) is 11.8. The van der Waals surface area contributed by atoms with E-state index in [0.717, 1.165) is 17.3 Å². The van der Waals surface area contributed by atoms with Gasteiger partial charge in [-0.25, -0.2) is 4.98 Å². The largest absolute Gasteiger partial charge is 0.308 e. The van der Waals surface area contributed by atoms with Crippen LogP contribution in [-0.2, 0) is 6.54 Å². The Morgan fingerprint density at radius 1 is 1.45 bits per heavy atom. The molecule has 1 fully saturated rings. The van der Waals surface area contributed by atoms with Gasteiger partial charge in [0.25, 0.3) is 5.56 Å². The number of nitrogens with zero attached hydrogens (tertiary/aromatic N) is 1. The standard InChI is InChI=1S/C15H21N3OS/c1-10(11-5-3-2-4-6-11)16-9-13-17-12-7-8-20-14(12)15(19)18-13/h7-8,10-11,16H,2-6,9H2,1H3,(H,17,18,19). The van der Waals surface area contributed by atoms with Crippen LogP contribution in [0, 0.1) is 5.92 Å². The van der Waals surface area contributed by atoms with Crippen molar-refractivity contribution in [1.29, 1.82) is 0 Å². The van der Waals surface area contributed by atoms with Crippen molar-refractivity contribution < 1.29 is 0 Å². The number of rotatable bonds is 4. The lowest BCUT2D eigenvalue weighted by Crippen LogP contribution is -2.35. The molecule has 5 heteroatoms. The summed E-state index contributed by atoms with van der Waals surface area (Å²) >= 11 is 1.44. The zero-order chi connectivity index (χ0) is 13.9. The Labute approximate surface area is 122 Å². The highest BCUT2D eigenvalue weighted by Gasteiger charge is 2.19. The number of hydrogen-bond donors (Lipinski definition) is 2. The molecule has 0 bridgehead atoms. The van der Waals surface area contributed by atoms with Crippen molar-refractivity contribution in [1.82, 2.24) is 15.3 Å². The van der Waals surface area contributed by atoms with Crippen LogP contribution >= 0.6 is 11.3 Å². The Morgan fingerprint density at radius 2 is 2.25 bits per heavy atom. The molecule has 0 saturated heterocycles. The van der Waals surface area contributed by atoms with Gasteiger partial charge in [0.2, 0.25) is 0 Å². The molecule has 0 amide bonds. The first-order valence-electron chi connectivity index (χ1n) is 7.44. The fraction of sp³-hybridized carbons (Fsp3) is 0.600. The molecule has 4 nitrogen and oxygen atoms in total. The monoisotopic (exact) mass is 291 g/mol. The Kier molecular flexibility index (Phi) is 4.17. The molecular formula is C15H21N3OS. The SMILES string of the molecule is CC(NCc1nc2ccsc2c(=O)[nH]1)C1CCCCC1. The summed E-state index contributed by atoms with van der Waals surface area (Å²) in [5.74, 6) is 1.50. The van der Waals surface area contributed by atoms with Crippen molar-refractivity contribution in [3.05, 3.63) is 27.6 Å². The van der Waals surface area contributed by atoms with Crippen LogP contribution in [0.1, 0.15) is 44.9 Å². The first-order chi connectivity index (χ1) is 9.74. The van der Waals surface area contributed by atoms with E-state index in [4.69, 9.17) is 0 Å². The van der Waals surface area contributed by atoms with Crippen LogP contribution in [0.4, 0.5) is 0 Å². The van der Waals surface area contributed by atoms with Crippen molar-refractivity contribution in [3.8, 4) is 0 Å². The van der Waals surface area contributed by atoms with Gasteiger partial charge in [0, 0.05) is 6.04 Å². The molecule has 3 rings (SSSR count). The second-order valence-corrected chi connectivity index (χ2v) is 6.63. The summed E-state index contributed by atoms with van der Waals surface area (Å²) in [6, 6.07) is 2.39. The smallest absolute Gasteiger partial charge is 0.268 e. The molecule has 2 heterocycles. The summed E-state index contributed by atoms with van der Waals surface area (Å²) in [7, 11) is 0. The summed E-state index contributed by atoms with van der Waals surface area (Å²) in [5.41, 5.74) is 0.785. The first-order valence-corrected chi connectivity index (χ1v) is 8.32. The molecule has 0 spiro atoms. The fourth-order valence-electron chi connectivity index (χ4n) is 3.06. The van der Waals surface area contributed by atoms with Crippen molar-refractivity contribution >= 4 is 21.6 Å². The highest BCUT2D eigenvalue weighted by Crippen LogP contribution is 2.26. The van der Waals surface area contributed by atoms with Crippen LogP contribution in [0.3, 0.4) is 0 Å². The summed E-state index contributed by atoms with van der Waals surface area (Å²) in [4.78, 5) is 19.3. The summed E-state index contributed by atoms with van der Waals surface area (Å²) in [5, 5.41) is 5.43. The number of hydrogen-bond acceptors (Lipinski definition) is 4. The summed E-state index contributed by atoms with van der Waals surface area (Å²) in [6.45, 7) is 2.88. The molecule has 1 aliphatic rings. The van der Waals surface area contributed by atoms with Gasteiger partial charge in [0.1, 0.15) is 10.5 Å². The molecule has 1 atom stereocenters. The zero-order valence-corrected chi connectivity index (χ0v) is 12.6. The molecule has 1 saturated carbocycles. The Morgan fingerprint density at radius 3 is 3.05 bits per heavy atom. The van der Waals surface area contributed by atoms with E-state index in [2.05, 4.69) is 22.2 Å². The van der Waals surface area contributed by atoms with Gasteiger partial charge < -0.3 is 10.3 Å². The minimum atomic E-state index is -0.0212. The molecule has 1 aliphatic carbocycles. The maximum Gasteiger partial charge on any atom is 0.268 e. The third-order valence-electron chi connectivity index (χ3n) is 4.31. The van der Waals surface area contributed by atoms with Gasteiger partial charge in [-0.3, -0.25) is 4.79 Å². The third kappa shape index (κ3) is 2.94. The minimum Gasteiger partial charge on any atom is -0.308 e. The van der Waals surface area contributed by atoms with Gasteiger partial charge in [-0.15, -0.1) is 11.3 Å². The van der Waals surface area contributed by atoms with Crippen LogP contribution in [0.15, 0.2) is 16.2 Å². The van der Waals surface area contributed by atoms with Crippen molar-refractivity contribution in [3.63, 3.8) is 0 Å². The number of fused-ring (bicyclic) bond motifs is 1. The van der Waals surface area contributed by atoms with Crippen LogP contribution in [0.5, 0.6) is 0 Å². The molecule has 2 aromatic heterocycles. The van der Waals surface area contributed by atoms with E-state index in [0.29, 0.717) is 17.3 Å². The minimum absolute atomic E-state index is 0.0212. The molecule has 2 aromatic rings. The Balaban J connectivity index is 1.65. The van der Waals surface area contributed by atoms with Crippen molar-refractivity contribution in [2.75, 3.05) is 0 Å². The number of nitrogens with one attached hydrogen (secondary N) is 2. The third-order valence-corrected chi connectivity index (χ3v) is 5.21. The maximum atomic E-state index is 11.9. The lowest BCUT2D eigenvalue weighted by molar-refractivity contribution is 0.279. The number of H-pyrrole nitrogens is 1. The lowest BCUT2D eigenvalue weighted by Gasteiger charge is -2.28. The van der Waals surface area contributed by atoms with Gasteiger partial charge in [-0.1, -0.05) is 19.3 Å². The van der Waals surface area contributed by atoms with Gasteiger partial charge in [-0.05, 0) is 37.1 Å². The van der Waals surface area contributed by atoms with Gasteiger partial charge >= 0.3 is 0 Å². The van der Waals surface area contributed by atoms with Gasteiger partial charge in [-0.2, -0.15) is 0 Å². The van der Waals surface area contributed by atoms with E-state index in [1.165, 1.54) is 43.4 Å². The second-order valence-electron chi connectivity index (χ2n) is 5.72. The molecule has 20 heavy (non-hydrogen) atoms. The fourth-order valence-corrected chi connectivity index (χ4v) is 3.79. The van der Waals surface area contributed by atoms with Crippen molar-refractivity contribution in [2.45, 2.75) is 51.6 Å². The van der Waals surface area contributed by atoms with Crippen LogP contribution < -0.4 is 10.9 Å². The highest BCUT2D eigenvalue weighted by atomic mass is 32.1. The van der Waals surface area contributed by atoms with Crippen LogP contribution in [0.2, 0.25) is 0 Å². The van der Waals surface area contributed by atoms with E-state index >= 15 is 0 Å². The van der Waals surface area contributed by atoms with Crippen LogP contribution in [-0.4, -0.2) is 16.0 Å². The Hall–Kier alpha value is -1.20. The average molecular weight is 291 g/mol. The number of aromatic amines is 1. The molecule has 0 aliphatic heterocycles. The number of aromatic nitrogens is 2. The van der Waals surface area contributed by atoms with Crippen molar-refractivity contribution in [2.24, 2.45) is 5.92 Å². The van der Waals surface area contributed by atoms with E-state index in [-0.39, 0.29) is 5.56 Å². The number of thiophene rings is 1. The normalized spacial score (nSPS) is 18.4. The molecule has 2 N–H and O–H groups in total. The van der Waals surface area contributed by atoms with E-state index in [1.807, 2.05) is 11.4 Å². The molecule has 0 radical (unpaired) electrons. The van der Waals surface area contributed by atoms with Gasteiger partial charge in [0.15, 0.2) is 0 Å². The Bertz CT molecular complexity index is 627. The quantitative estimate of drug-likeness (QED) is 0.910. The topological polar surface area (TPSA) is 57.8 Å². The average Bonchev–Trinajstić information content (AvgIpc) is 2.94. The van der Waals surface area contributed by atoms with Gasteiger partial charge in [0.05, 0.1) is 12.1 Å². The lowest BCUT2D eigenvalue weighted by atomic mass is 9.84. The van der Waals surface area contributed by atoms with E-state index in [9.17, 15) is 4.79 Å². The predicted octanol–water partition coefficient (Wildman–Crippen LogP) is 3.04. The van der Waals surface area contributed by atoms with E-state index < -0.39 is 0 Å². The first kappa shape index (κ1) is 13.8. The predicted molar refractivity (Wildman–Crippen MR) is 83.1 cm³/mol. The summed E-state index contributed by atoms with van der Waals surface area (Å²) in [6.07, 6.45) is 6.73. The van der Waals surface area contributed by atoms with Crippen LogP contribution in [0.25, 0.3) is 10.2 Å². The highest BCUT2D eigenvalue weighted by molar-refractivity contribution is 7.17. The summed E-state index contributed by atoms with van der Waals surface area (Å²) < 4.78 is 0.717.